The third-order valence-corrected chi connectivity index (χ3v) is 3.46. The van der Waals surface area contributed by atoms with Crippen LogP contribution in [0.1, 0.15) is 33.3 Å². The minimum absolute atomic E-state index is 0. The van der Waals surface area contributed by atoms with Crippen molar-refractivity contribution in [1.29, 1.82) is 0 Å². The summed E-state index contributed by atoms with van der Waals surface area (Å²) in [5.41, 5.74) is 0.460. The molecule has 8 heteroatoms. The van der Waals surface area contributed by atoms with Gasteiger partial charge in [0, 0.05) is 16.6 Å². The SMILES string of the molecule is CCNC(=NCc1cc(F)ccc1Br)NCC(=O)NC(C)(C)C.I. The van der Waals surface area contributed by atoms with Crippen LogP contribution in [0.3, 0.4) is 0 Å². The third-order valence-electron chi connectivity index (χ3n) is 2.69. The van der Waals surface area contributed by atoms with E-state index in [0.29, 0.717) is 19.0 Å². The van der Waals surface area contributed by atoms with Crippen molar-refractivity contribution in [3.05, 3.63) is 34.1 Å². The fraction of sp³-hybridized carbons (Fsp3) is 0.500. The monoisotopic (exact) mass is 514 g/mol. The Labute approximate surface area is 168 Å². The van der Waals surface area contributed by atoms with E-state index in [4.69, 9.17) is 0 Å². The van der Waals surface area contributed by atoms with E-state index in [1.54, 1.807) is 6.07 Å². The zero-order valence-electron chi connectivity index (χ0n) is 14.4. The topological polar surface area (TPSA) is 65.5 Å². The summed E-state index contributed by atoms with van der Waals surface area (Å²) in [5.74, 6) is 0.0867. The summed E-state index contributed by atoms with van der Waals surface area (Å²) >= 11 is 3.37. The Hall–Kier alpha value is -0.900. The lowest BCUT2D eigenvalue weighted by Gasteiger charge is -2.21. The molecule has 0 aromatic heterocycles. The van der Waals surface area contributed by atoms with Crippen LogP contribution in [-0.4, -0.2) is 30.5 Å². The highest BCUT2D eigenvalue weighted by Gasteiger charge is 2.13. The molecule has 0 atom stereocenters. The minimum atomic E-state index is -0.305. The molecule has 0 bridgehead atoms. The maximum atomic E-state index is 13.3. The zero-order valence-corrected chi connectivity index (χ0v) is 18.3. The van der Waals surface area contributed by atoms with Crippen LogP contribution in [0.15, 0.2) is 27.7 Å². The van der Waals surface area contributed by atoms with Gasteiger partial charge >= 0.3 is 0 Å². The van der Waals surface area contributed by atoms with Gasteiger partial charge in [0.1, 0.15) is 5.82 Å². The number of rotatable bonds is 5. The number of amides is 1. The van der Waals surface area contributed by atoms with Crippen molar-refractivity contribution in [3.8, 4) is 0 Å². The Balaban J connectivity index is 0.00000529. The van der Waals surface area contributed by atoms with Gasteiger partial charge in [-0.05, 0) is 51.5 Å². The number of hydrogen-bond acceptors (Lipinski definition) is 2. The molecule has 1 aromatic rings. The number of carbonyl (C=O) groups is 1. The Morgan fingerprint density at radius 2 is 1.96 bits per heavy atom. The summed E-state index contributed by atoms with van der Waals surface area (Å²) in [7, 11) is 0. The van der Waals surface area contributed by atoms with Crippen LogP contribution in [0.2, 0.25) is 0 Å². The van der Waals surface area contributed by atoms with Crippen LogP contribution >= 0.6 is 39.9 Å². The Morgan fingerprint density at radius 3 is 2.54 bits per heavy atom. The van der Waals surface area contributed by atoms with Crippen molar-refractivity contribution in [2.24, 2.45) is 4.99 Å². The zero-order chi connectivity index (χ0) is 17.5. The first-order valence-corrected chi connectivity index (χ1v) is 8.27. The van der Waals surface area contributed by atoms with Crippen LogP contribution in [0.5, 0.6) is 0 Å². The molecule has 24 heavy (non-hydrogen) atoms. The number of carbonyl (C=O) groups excluding carboxylic acids is 1. The number of guanidine groups is 1. The van der Waals surface area contributed by atoms with Gasteiger partial charge in [-0.1, -0.05) is 15.9 Å². The van der Waals surface area contributed by atoms with Crippen LogP contribution in [-0.2, 0) is 11.3 Å². The lowest BCUT2D eigenvalue weighted by atomic mass is 10.1. The van der Waals surface area contributed by atoms with Gasteiger partial charge < -0.3 is 16.0 Å². The molecule has 136 valence electrons. The predicted octanol–water partition coefficient (Wildman–Crippen LogP) is 3.18. The van der Waals surface area contributed by atoms with Gasteiger partial charge in [0.2, 0.25) is 5.91 Å². The number of benzene rings is 1. The number of nitrogens with one attached hydrogen (secondary N) is 3. The van der Waals surface area contributed by atoms with Gasteiger partial charge in [0.15, 0.2) is 5.96 Å². The lowest BCUT2D eigenvalue weighted by molar-refractivity contribution is -0.121. The first-order valence-electron chi connectivity index (χ1n) is 7.48. The van der Waals surface area contributed by atoms with Crippen LogP contribution < -0.4 is 16.0 Å². The second kappa shape index (κ2) is 10.9. The molecule has 5 nitrogen and oxygen atoms in total. The molecule has 0 saturated heterocycles. The van der Waals surface area contributed by atoms with E-state index in [1.807, 2.05) is 27.7 Å². The van der Waals surface area contributed by atoms with E-state index in [1.165, 1.54) is 12.1 Å². The molecule has 3 N–H and O–H groups in total. The highest BCUT2D eigenvalue weighted by atomic mass is 127. The van der Waals surface area contributed by atoms with Crippen molar-refractivity contribution < 1.29 is 9.18 Å². The van der Waals surface area contributed by atoms with Crippen molar-refractivity contribution in [1.82, 2.24) is 16.0 Å². The molecule has 0 radical (unpaired) electrons. The first-order chi connectivity index (χ1) is 10.7. The highest BCUT2D eigenvalue weighted by Crippen LogP contribution is 2.18. The second-order valence-electron chi connectivity index (χ2n) is 6.08. The van der Waals surface area contributed by atoms with Gasteiger partial charge in [-0.2, -0.15) is 0 Å². The molecule has 0 fully saturated rings. The fourth-order valence-corrected chi connectivity index (χ4v) is 2.17. The fourth-order valence-electron chi connectivity index (χ4n) is 1.80. The summed E-state index contributed by atoms with van der Waals surface area (Å²) < 4.78 is 14.1. The smallest absolute Gasteiger partial charge is 0.239 e. The van der Waals surface area contributed by atoms with E-state index in [2.05, 4.69) is 36.9 Å². The molecule has 0 saturated carbocycles. The van der Waals surface area contributed by atoms with Gasteiger partial charge in [0.05, 0.1) is 13.1 Å². The highest BCUT2D eigenvalue weighted by molar-refractivity contribution is 14.0. The number of hydrogen-bond donors (Lipinski definition) is 3. The molecule has 0 aliphatic rings. The lowest BCUT2D eigenvalue weighted by Crippen LogP contribution is -2.48. The first kappa shape index (κ1) is 23.1. The molecule has 1 amide bonds. The molecular formula is C16H25BrFIN4O. The molecule has 0 aliphatic heterocycles. The van der Waals surface area contributed by atoms with E-state index in [9.17, 15) is 9.18 Å². The summed E-state index contributed by atoms with van der Waals surface area (Å²) in [4.78, 5) is 16.2. The second-order valence-corrected chi connectivity index (χ2v) is 6.94. The quantitative estimate of drug-likeness (QED) is 0.321. The van der Waals surface area contributed by atoms with Crippen molar-refractivity contribution in [2.45, 2.75) is 39.8 Å². The minimum Gasteiger partial charge on any atom is -0.357 e. The molecule has 0 unspecified atom stereocenters. The van der Waals surface area contributed by atoms with Crippen molar-refractivity contribution in [3.63, 3.8) is 0 Å². The summed E-state index contributed by atoms with van der Waals surface area (Å²) in [6, 6.07) is 4.47. The van der Waals surface area contributed by atoms with Crippen LogP contribution in [0, 0.1) is 5.82 Å². The predicted molar refractivity (Wildman–Crippen MR) is 110 cm³/mol. The average molecular weight is 515 g/mol. The van der Waals surface area contributed by atoms with E-state index in [0.717, 1.165) is 10.0 Å². The maximum absolute atomic E-state index is 13.3. The van der Waals surface area contributed by atoms with Crippen molar-refractivity contribution in [2.75, 3.05) is 13.1 Å². The van der Waals surface area contributed by atoms with Gasteiger partial charge in [-0.3, -0.25) is 4.79 Å². The van der Waals surface area contributed by atoms with Gasteiger partial charge in [-0.25, -0.2) is 9.38 Å². The average Bonchev–Trinajstić information content (AvgIpc) is 2.43. The number of halogens is 3. The maximum Gasteiger partial charge on any atom is 0.239 e. The van der Waals surface area contributed by atoms with Crippen molar-refractivity contribution >= 4 is 51.8 Å². The molecule has 0 heterocycles. The summed E-state index contributed by atoms with van der Waals surface area (Å²) in [6.07, 6.45) is 0. The molecular weight excluding hydrogens is 490 g/mol. The molecule has 1 rings (SSSR count). The van der Waals surface area contributed by atoms with E-state index in [-0.39, 0.29) is 47.8 Å². The largest absolute Gasteiger partial charge is 0.357 e. The van der Waals surface area contributed by atoms with E-state index >= 15 is 0 Å². The number of aliphatic imine (C=N–C) groups is 1. The van der Waals surface area contributed by atoms with Gasteiger partial charge in [0.25, 0.3) is 0 Å². The van der Waals surface area contributed by atoms with Gasteiger partial charge in [-0.15, -0.1) is 24.0 Å². The third kappa shape index (κ3) is 9.41. The Bertz CT molecular complexity index is 576. The van der Waals surface area contributed by atoms with E-state index < -0.39 is 0 Å². The summed E-state index contributed by atoms with van der Waals surface area (Å²) in [5, 5.41) is 8.89. The molecule has 0 aliphatic carbocycles. The normalized spacial score (nSPS) is 11.5. The Morgan fingerprint density at radius 1 is 1.29 bits per heavy atom. The number of nitrogens with zero attached hydrogens (tertiary/aromatic N) is 1. The molecule has 1 aromatic carbocycles. The van der Waals surface area contributed by atoms with Crippen LogP contribution in [0.25, 0.3) is 0 Å². The molecule has 0 spiro atoms. The van der Waals surface area contributed by atoms with Crippen LogP contribution in [0.4, 0.5) is 4.39 Å². The standard InChI is InChI=1S/C16H24BrFN4O.HI/c1-5-19-15(21-10-14(23)22-16(2,3)4)20-9-11-8-12(18)6-7-13(11)17;/h6-8H,5,9-10H2,1-4H3,(H,22,23)(H2,19,20,21);1H. The Kier molecular flexibility index (Phi) is 10.5. The summed E-state index contributed by atoms with van der Waals surface area (Å²) in [6.45, 7) is 8.78.